The second-order valence-electron chi connectivity index (χ2n) is 5.47. The normalized spacial score (nSPS) is 18.7. The highest BCUT2D eigenvalue weighted by Gasteiger charge is 2.28. The van der Waals surface area contributed by atoms with Crippen molar-refractivity contribution in [1.29, 1.82) is 0 Å². The van der Waals surface area contributed by atoms with Crippen LogP contribution in [0, 0.1) is 0 Å². The molecule has 1 aromatic heterocycles. The Bertz CT molecular complexity index is 579. The van der Waals surface area contributed by atoms with Crippen molar-refractivity contribution in [2.45, 2.75) is 44.6 Å². The molecule has 2 aromatic rings. The molecule has 0 spiro atoms. The number of nitrogens with zero attached hydrogens (tertiary/aromatic N) is 3. The van der Waals surface area contributed by atoms with Crippen LogP contribution < -0.4 is 0 Å². The first kappa shape index (κ1) is 10.3. The van der Waals surface area contributed by atoms with E-state index in [4.69, 9.17) is 0 Å². The summed E-state index contributed by atoms with van der Waals surface area (Å²) in [6, 6.07) is 8.64. The Morgan fingerprint density at radius 3 is 2.78 bits per heavy atom. The first-order valence-corrected chi connectivity index (χ1v) is 6.95. The molecule has 1 aliphatic carbocycles. The fourth-order valence-electron chi connectivity index (χ4n) is 3.42. The molecule has 0 atom stereocenters. The van der Waals surface area contributed by atoms with Crippen LogP contribution in [0.15, 0.2) is 24.3 Å². The molecule has 0 N–H and O–H groups in total. The number of hydrogen-bond acceptors (Lipinski definition) is 2. The summed E-state index contributed by atoms with van der Waals surface area (Å²) >= 11 is 0. The van der Waals surface area contributed by atoms with Crippen LogP contribution in [-0.4, -0.2) is 15.0 Å². The van der Waals surface area contributed by atoms with Crippen molar-refractivity contribution in [1.82, 2.24) is 15.0 Å². The lowest BCUT2D eigenvalue weighted by atomic mass is 9.85. The van der Waals surface area contributed by atoms with Crippen molar-refractivity contribution in [3.63, 3.8) is 0 Å². The monoisotopic (exact) mass is 239 g/mol. The summed E-state index contributed by atoms with van der Waals surface area (Å²) in [6.07, 6.45) is 6.65. The SMILES string of the molecule is c1ccc2c(c1)Cn1nnc(C3CCCCC3)c1-2. The minimum Gasteiger partial charge on any atom is -0.240 e. The van der Waals surface area contributed by atoms with Gasteiger partial charge >= 0.3 is 0 Å². The predicted molar refractivity (Wildman–Crippen MR) is 70.4 cm³/mol. The van der Waals surface area contributed by atoms with Crippen LogP contribution in [0.4, 0.5) is 0 Å². The summed E-state index contributed by atoms with van der Waals surface area (Å²) in [6.45, 7) is 0.894. The second-order valence-corrected chi connectivity index (χ2v) is 5.47. The Labute approximate surface area is 107 Å². The van der Waals surface area contributed by atoms with Gasteiger partial charge < -0.3 is 0 Å². The topological polar surface area (TPSA) is 30.7 Å². The Morgan fingerprint density at radius 1 is 1.06 bits per heavy atom. The standard InChI is InChI=1S/C15H17N3/c1-2-6-11(7-3-1)14-15-13-9-5-4-8-12(13)10-18(15)17-16-14/h4-5,8-9,11H,1-3,6-7,10H2. The van der Waals surface area contributed by atoms with E-state index in [0.717, 1.165) is 6.54 Å². The summed E-state index contributed by atoms with van der Waals surface area (Å²) in [7, 11) is 0. The van der Waals surface area contributed by atoms with Gasteiger partial charge in [0.05, 0.1) is 17.9 Å². The molecule has 0 saturated heterocycles. The first-order chi connectivity index (χ1) is 8.93. The minimum absolute atomic E-state index is 0.633. The molecule has 1 saturated carbocycles. The van der Waals surface area contributed by atoms with E-state index in [9.17, 15) is 0 Å². The van der Waals surface area contributed by atoms with Crippen molar-refractivity contribution >= 4 is 0 Å². The Balaban J connectivity index is 1.80. The van der Waals surface area contributed by atoms with Crippen LogP contribution >= 0.6 is 0 Å². The lowest BCUT2D eigenvalue weighted by Crippen LogP contribution is -2.06. The molecule has 1 aliphatic heterocycles. The zero-order valence-electron chi connectivity index (χ0n) is 10.5. The van der Waals surface area contributed by atoms with E-state index in [0.29, 0.717) is 5.92 Å². The van der Waals surface area contributed by atoms with Gasteiger partial charge in [0.2, 0.25) is 0 Å². The lowest BCUT2D eigenvalue weighted by molar-refractivity contribution is 0.437. The van der Waals surface area contributed by atoms with Gasteiger partial charge in [-0.25, -0.2) is 4.68 Å². The Hall–Kier alpha value is -1.64. The van der Waals surface area contributed by atoms with E-state index in [1.54, 1.807) is 0 Å². The molecule has 1 aromatic carbocycles. The second kappa shape index (κ2) is 3.94. The van der Waals surface area contributed by atoms with E-state index in [1.165, 1.54) is 54.6 Å². The molecule has 2 aliphatic rings. The number of benzene rings is 1. The summed E-state index contributed by atoms with van der Waals surface area (Å²) in [5.74, 6) is 0.633. The largest absolute Gasteiger partial charge is 0.240 e. The summed E-state index contributed by atoms with van der Waals surface area (Å²) in [4.78, 5) is 0. The molecule has 0 unspecified atom stereocenters. The van der Waals surface area contributed by atoms with Crippen LogP contribution in [0.25, 0.3) is 11.3 Å². The zero-order valence-corrected chi connectivity index (χ0v) is 10.5. The van der Waals surface area contributed by atoms with Crippen LogP contribution in [-0.2, 0) is 6.54 Å². The highest BCUT2D eigenvalue weighted by atomic mass is 15.4. The lowest BCUT2D eigenvalue weighted by Gasteiger charge is -2.20. The summed E-state index contributed by atoms with van der Waals surface area (Å²) in [5.41, 5.74) is 5.28. The van der Waals surface area contributed by atoms with Crippen LogP contribution in [0.1, 0.15) is 49.3 Å². The van der Waals surface area contributed by atoms with Gasteiger partial charge in [-0.1, -0.05) is 48.7 Å². The molecular weight excluding hydrogens is 222 g/mol. The maximum Gasteiger partial charge on any atom is 0.0938 e. The predicted octanol–water partition coefficient (Wildman–Crippen LogP) is 3.35. The molecule has 18 heavy (non-hydrogen) atoms. The number of aromatic nitrogens is 3. The first-order valence-electron chi connectivity index (χ1n) is 6.95. The zero-order chi connectivity index (χ0) is 11.9. The van der Waals surface area contributed by atoms with Crippen molar-refractivity contribution in [2.75, 3.05) is 0 Å². The smallest absolute Gasteiger partial charge is 0.0938 e. The molecular formula is C15H17N3. The molecule has 1 fully saturated rings. The average Bonchev–Trinajstić information content (AvgIpc) is 2.98. The highest BCUT2D eigenvalue weighted by molar-refractivity contribution is 5.69. The number of rotatable bonds is 1. The van der Waals surface area contributed by atoms with E-state index >= 15 is 0 Å². The third-order valence-corrected chi connectivity index (χ3v) is 4.35. The van der Waals surface area contributed by atoms with E-state index in [2.05, 4.69) is 39.3 Å². The van der Waals surface area contributed by atoms with Crippen molar-refractivity contribution in [3.8, 4) is 11.3 Å². The minimum atomic E-state index is 0.633. The van der Waals surface area contributed by atoms with Crippen molar-refractivity contribution < 1.29 is 0 Å². The number of hydrogen-bond donors (Lipinski definition) is 0. The van der Waals surface area contributed by atoms with Gasteiger partial charge in [-0.2, -0.15) is 0 Å². The third kappa shape index (κ3) is 1.43. The molecule has 2 heterocycles. The summed E-state index contributed by atoms with van der Waals surface area (Å²) in [5, 5.41) is 8.83. The van der Waals surface area contributed by atoms with Gasteiger partial charge in [-0.15, -0.1) is 5.10 Å². The molecule has 3 heteroatoms. The van der Waals surface area contributed by atoms with E-state index < -0.39 is 0 Å². The van der Waals surface area contributed by atoms with Gasteiger partial charge in [0, 0.05) is 11.5 Å². The molecule has 92 valence electrons. The van der Waals surface area contributed by atoms with Crippen LogP contribution in [0.2, 0.25) is 0 Å². The Morgan fingerprint density at radius 2 is 1.89 bits per heavy atom. The highest BCUT2D eigenvalue weighted by Crippen LogP contribution is 2.40. The molecule has 0 amide bonds. The van der Waals surface area contributed by atoms with Crippen molar-refractivity contribution in [2.24, 2.45) is 0 Å². The van der Waals surface area contributed by atoms with Gasteiger partial charge in [-0.05, 0) is 18.4 Å². The molecule has 0 radical (unpaired) electrons. The van der Waals surface area contributed by atoms with E-state index in [-0.39, 0.29) is 0 Å². The quantitative estimate of drug-likeness (QED) is 0.652. The third-order valence-electron chi connectivity index (χ3n) is 4.35. The number of fused-ring (bicyclic) bond motifs is 3. The maximum absolute atomic E-state index is 4.47. The summed E-state index contributed by atoms with van der Waals surface area (Å²) < 4.78 is 2.08. The van der Waals surface area contributed by atoms with Crippen LogP contribution in [0.5, 0.6) is 0 Å². The maximum atomic E-state index is 4.47. The van der Waals surface area contributed by atoms with Gasteiger partial charge in [-0.3, -0.25) is 0 Å². The fourth-order valence-corrected chi connectivity index (χ4v) is 3.42. The van der Waals surface area contributed by atoms with Gasteiger partial charge in [0.15, 0.2) is 0 Å². The Kier molecular flexibility index (Phi) is 2.25. The fraction of sp³-hybridized carbons (Fsp3) is 0.467. The van der Waals surface area contributed by atoms with Gasteiger partial charge in [0.1, 0.15) is 0 Å². The molecule has 3 nitrogen and oxygen atoms in total. The van der Waals surface area contributed by atoms with Crippen molar-refractivity contribution in [3.05, 3.63) is 35.5 Å². The van der Waals surface area contributed by atoms with Gasteiger partial charge in [0.25, 0.3) is 0 Å². The van der Waals surface area contributed by atoms with Crippen LogP contribution in [0.3, 0.4) is 0 Å². The molecule has 0 bridgehead atoms. The average molecular weight is 239 g/mol. The van der Waals surface area contributed by atoms with E-state index in [1.807, 2.05) is 0 Å². The molecule has 4 rings (SSSR count).